The maximum absolute atomic E-state index is 10.3. The van der Waals surface area contributed by atoms with E-state index >= 15 is 0 Å². The van der Waals surface area contributed by atoms with Crippen LogP contribution < -0.4 is 5.73 Å². The summed E-state index contributed by atoms with van der Waals surface area (Å²) >= 11 is 0. The molecule has 100 valence electrons. The van der Waals surface area contributed by atoms with Gasteiger partial charge < -0.3 is 15.7 Å². The van der Waals surface area contributed by atoms with E-state index in [9.17, 15) is 5.11 Å². The molecule has 0 spiro atoms. The summed E-state index contributed by atoms with van der Waals surface area (Å²) < 4.78 is 0. The molecule has 1 saturated heterocycles. The van der Waals surface area contributed by atoms with Gasteiger partial charge in [-0.1, -0.05) is 26.0 Å². The molecule has 0 aromatic heterocycles. The highest BCUT2D eigenvalue weighted by Crippen LogP contribution is 2.24. The van der Waals surface area contributed by atoms with E-state index in [4.69, 9.17) is 5.73 Å². The standard InChI is InChI=1S/C15H24N2O/c1-11-6-7-17(9-12(11)2)10-15(18)13-4-3-5-14(16)8-13/h3-5,8,11-12,15,18H,6-7,9-10,16H2,1-2H3. The molecule has 1 heterocycles. The molecule has 0 amide bonds. The Balaban J connectivity index is 1.93. The van der Waals surface area contributed by atoms with E-state index in [1.165, 1.54) is 6.42 Å². The molecule has 0 bridgehead atoms. The molecule has 3 nitrogen and oxygen atoms in total. The molecule has 3 unspecified atom stereocenters. The van der Waals surface area contributed by atoms with Crippen LogP contribution in [0.25, 0.3) is 0 Å². The molecule has 1 aromatic rings. The fraction of sp³-hybridized carbons (Fsp3) is 0.600. The largest absolute Gasteiger partial charge is 0.399 e. The van der Waals surface area contributed by atoms with Crippen LogP contribution in [0.4, 0.5) is 5.69 Å². The van der Waals surface area contributed by atoms with Crippen LogP contribution in [0.15, 0.2) is 24.3 Å². The fourth-order valence-electron chi connectivity index (χ4n) is 2.63. The minimum Gasteiger partial charge on any atom is -0.399 e. The number of piperidine rings is 1. The predicted octanol–water partition coefficient (Wildman–Crippen LogP) is 2.28. The highest BCUT2D eigenvalue weighted by atomic mass is 16.3. The molecule has 3 N–H and O–H groups in total. The lowest BCUT2D eigenvalue weighted by Gasteiger charge is -2.36. The highest BCUT2D eigenvalue weighted by Gasteiger charge is 2.24. The number of benzene rings is 1. The maximum atomic E-state index is 10.3. The number of rotatable bonds is 3. The van der Waals surface area contributed by atoms with Gasteiger partial charge >= 0.3 is 0 Å². The fourth-order valence-corrected chi connectivity index (χ4v) is 2.63. The smallest absolute Gasteiger partial charge is 0.0917 e. The number of likely N-dealkylation sites (tertiary alicyclic amines) is 1. The van der Waals surface area contributed by atoms with E-state index in [1.807, 2.05) is 24.3 Å². The first-order chi connectivity index (χ1) is 8.56. The van der Waals surface area contributed by atoms with Gasteiger partial charge in [0.1, 0.15) is 0 Å². The van der Waals surface area contributed by atoms with Crippen molar-refractivity contribution < 1.29 is 5.11 Å². The van der Waals surface area contributed by atoms with Crippen molar-refractivity contribution in [3.05, 3.63) is 29.8 Å². The lowest BCUT2D eigenvalue weighted by atomic mass is 9.88. The molecule has 0 radical (unpaired) electrons. The van der Waals surface area contributed by atoms with E-state index in [1.54, 1.807) is 0 Å². The summed E-state index contributed by atoms with van der Waals surface area (Å²) in [7, 11) is 0. The van der Waals surface area contributed by atoms with Crippen LogP contribution in [0.1, 0.15) is 31.9 Å². The van der Waals surface area contributed by atoms with Crippen LogP contribution in [0.3, 0.4) is 0 Å². The van der Waals surface area contributed by atoms with E-state index in [0.29, 0.717) is 18.2 Å². The molecule has 3 heteroatoms. The zero-order valence-corrected chi connectivity index (χ0v) is 11.3. The summed E-state index contributed by atoms with van der Waals surface area (Å²) in [6.45, 7) is 7.49. The van der Waals surface area contributed by atoms with Gasteiger partial charge in [0.15, 0.2) is 0 Å². The highest BCUT2D eigenvalue weighted by molar-refractivity contribution is 5.41. The summed E-state index contributed by atoms with van der Waals surface area (Å²) in [4.78, 5) is 2.36. The summed E-state index contributed by atoms with van der Waals surface area (Å²) in [6, 6.07) is 7.55. The van der Waals surface area contributed by atoms with Gasteiger partial charge in [0.25, 0.3) is 0 Å². The lowest BCUT2D eigenvalue weighted by molar-refractivity contribution is 0.0705. The number of β-amino-alcohol motifs (C(OH)–C–C–N with tert-alkyl or cyclic N) is 1. The summed E-state index contributed by atoms with van der Waals surface area (Å²) in [5, 5.41) is 10.3. The third-order valence-electron chi connectivity index (χ3n) is 4.14. The molecular formula is C15H24N2O. The first-order valence-electron chi connectivity index (χ1n) is 6.82. The predicted molar refractivity (Wildman–Crippen MR) is 75.2 cm³/mol. The van der Waals surface area contributed by atoms with E-state index in [2.05, 4.69) is 18.7 Å². The van der Waals surface area contributed by atoms with Crippen molar-refractivity contribution in [3.8, 4) is 0 Å². The molecule has 1 fully saturated rings. The first-order valence-corrected chi connectivity index (χ1v) is 6.82. The Kier molecular flexibility index (Phi) is 4.25. The molecule has 1 aromatic carbocycles. The van der Waals surface area contributed by atoms with Gasteiger partial charge in [-0.3, -0.25) is 0 Å². The van der Waals surface area contributed by atoms with E-state index in [-0.39, 0.29) is 0 Å². The first kappa shape index (κ1) is 13.4. The Morgan fingerprint density at radius 3 is 2.83 bits per heavy atom. The van der Waals surface area contributed by atoms with Crippen LogP contribution >= 0.6 is 0 Å². The zero-order valence-electron chi connectivity index (χ0n) is 11.3. The van der Waals surface area contributed by atoms with Crippen LogP contribution in [-0.4, -0.2) is 29.6 Å². The third kappa shape index (κ3) is 3.24. The number of anilines is 1. The monoisotopic (exact) mass is 248 g/mol. The van der Waals surface area contributed by atoms with Crippen molar-refractivity contribution in [3.63, 3.8) is 0 Å². The quantitative estimate of drug-likeness (QED) is 0.807. The molecule has 1 aliphatic rings. The van der Waals surface area contributed by atoms with E-state index in [0.717, 1.165) is 24.6 Å². The molecule has 2 rings (SSSR count). The second-order valence-corrected chi connectivity index (χ2v) is 5.69. The summed E-state index contributed by atoms with van der Waals surface area (Å²) in [5.41, 5.74) is 7.38. The van der Waals surface area contributed by atoms with Crippen LogP contribution in [0.2, 0.25) is 0 Å². The van der Waals surface area contributed by atoms with E-state index < -0.39 is 6.10 Å². The Morgan fingerprint density at radius 2 is 2.17 bits per heavy atom. The SMILES string of the molecule is CC1CCN(CC(O)c2cccc(N)c2)CC1C. The van der Waals surface area contributed by atoms with Crippen molar-refractivity contribution in [2.75, 3.05) is 25.4 Å². The van der Waals surface area contributed by atoms with Crippen molar-refractivity contribution in [1.82, 2.24) is 4.90 Å². The Labute approximate surface area is 110 Å². The molecule has 3 atom stereocenters. The van der Waals surface area contributed by atoms with Crippen molar-refractivity contribution in [1.29, 1.82) is 0 Å². The lowest BCUT2D eigenvalue weighted by Crippen LogP contribution is -2.40. The Bertz CT molecular complexity index is 394. The molecule has 0 aliphatic carbocycles. The second-order valence-electron chi connectivity index (χ2n) is 5.69. The van der Waals surface area contributed by atoms with Gasteiger partial charge in [0.05, 0.1) is 6.10 Å². The van der Waals surface area contributed by atoms with Crippen LogP contribution in [0.5, 0.6) is 0 Å². The number of aliphatic hydroxyl groups is 1. The number of hydrogen-bond donors (Lipinski definition) is 2. The van der Waals surface area contributed by atoms with Crippen molar-refractivity contribution in [2.24, 2.45) is 11.8 Å². The van der Waals surface area contributed by atoms with Gasteiger partial charge in [-0.15, -0.1) is 0 Å². The van der Waals surface area contributed by atoms with Crippen LogP contribution in [0, 0.1) is 11.8 Å². The number of aliphatic hydroxyl groups excluding tert-OH is 1. The molecule has 1 aliphatic heterocycles. The third-order valence-corrected chi connectivity index (χ3v) is 4.14. The molecule has 18 heavy (non-hydrogen) atoms. The average Bonchev–Trinajstić information content (AvgIpc) is 2.34. The normalized spacial score (nSPS) is 27.1. The molecule has 0 saturated carbocycles. The van der Waals surface area contributed by atoms with Gasteiger partial charge in [-0.2, -0.15) is 0 Å². The van der Waals surface area contributed by atoms with Gasteiger partial charge in [-0.25, -0.2) is 0 Å². The number of nitrogens with two attached hydrogens (primary N) is 1. The van der Waals surface area contributed by atoms with Crippen molar-refractivity contribution >= 4 is 5.69 Å². The Morgan fingerprint density at radius 1 is 1.39 bits per heavy atom. The summed E-state index contributed by atoms with van der Waals surface area (Å²) in [5.74, 6) is 1.51. The minimum absolute atomic E-state index is 0.436. The van der Waals surface area contributed by atoms with Gasteiger partial charge in [-0.05, 0) is 42.5 Å². The van der Waals surface area contributed by atoms with Gasteiger partial charge in [0.2, 0.25) is 0 Å². The maximum Gasteiger partial charge on any atom is 0.0917 e. The number of nitrogens with zero attached hydrogens (tertiary/aromatic N) is 1. The van der Waals surface area contributed by atoms with Gasteiger partial charge in [0, 0.05) is 18.8 Å². The van der Waals surface area contributed by atoms with Crippen LogP contribution in [-0.2, 0) is 0 Å². The molecular weight excluding hydrogens is 224 g/mol. The Hall–Kier alpha value is -1.06. The number of hydrogen-bond acceptors (Lipinski definition) is 3. The van der Waals surface area contributed by atoms with Crippen molar-refractivity contribution in [2.45, 2.75) is 26.4 Å². The average molecular weight is 248 g/mol. The second kappa shape index (κ2) is 5.72. The topological polar surface area (TPSA) is 49.5 Å². The zero-order chi connectivity index (χ0) is 13.1. The minimum atomic E-state index is -0.436. The number of nitrogen functional groups attached to an aromatic ring is 1. The summed E-state index contributed by atoms with van der Waals surface area (Å²) in [6.07, 6.45) is 0.791.